The molecule has 0 radical (unpaired) electrons. The van der Waals surface area contributed by atoms with Gasteiger partial charge in [0.05, 0.1) is 22.4 Å². The van der Waals surface area contributed by atoms with Crippen molar-refractivity contribution in [1.82, 2.24) is 24.9 Å². The van der Waals surface area contributed by atoms with Crippen LogP contribution in [0.25, 0.3) is 112 Å². The van der Waals surface area contributed by atoms with Crippen molar-refractivity contribution in [2.24, 2.45) is 0 Å². The van der Waals surface area contributed by atoms with Gasteiger partial charge in [-0.05, 0) is 75.0 Å². The first kappa shape index (κ1) is 40.8. The number of benzene rings is 8. The minimum atomic E-state index is 0.596. The number of rotatable bonds is 9. The Morgan fingerprint density at radius 3 is 1.66 bits per heavy atom. The van der Waals surface area contributed by atoms with Crippen molar-refractivity contribution in [2.45, 2.75) is 6.92 Å². The summed E-state index contributed by atoms with van der Waals surface area (Å²) >= 11 is 0. The molecule has 11 aromatic rings. The van der Waals surface area contributed by atoms with Crippen LogP contribution in [0.15, 0.2) is 231 Å². The molecule has 0 N–H and O–H groups in total. The van der Waals surface area contributed by atoms with Crippen LogP contribution in [0.2, 0.25) is 0 Å². The van der Waals surface area contributed by atoms with Crippen LogP contribution in [0.4, 0.5) is 0 Å². The summed E-state index contributed by atoms with van der Waals surface area (Å²) in [5.74, 6) is 1.80. The van der Waals surface area contributed by atoms with E-state index in [9.17, 15) is 0 Å². The van der Waals surface area contributed by atoms with Gasteiger partial charge in [-0.3, -0.25) is 0 Å². The van der Waals surface area contributed by atoms with Crippen LogP contribution >= 0.6 is 0 Å². The van der Waals surface area contributed by atoms with E-state index in [2.05, 4.69) is 189 Å². The highest BCUT2D eigenvalue weighted by Crippen LogP contribution is 2.37. The number of hydrogen-bond donors (Lipinski definition) is 0. The normalized spacial score (nSPS) is 12.0. The molecule has 0 spiro atoms. The maximum atomic E-state index is 5.40. The molecule has 0 saturated heterocycles. The summed E-state index contributed by atoms with van der Waals surface area (Å²) in [7, 11) is 0. The third-order valence-corrected chi connectivity index (χ3v) is 12.3. The molecule has 67 heavy (non-hydrogen) atoms. The average molecular weight is 858 g/mol. The molecule has 0 unspecified atom stereocenters. The van der Waals surface area contributed by atoms with E-state index in [0.717, 1.165) is 105 Å². The lowest BCUT2D eigenvalue weighted by Gasteiger charge is -2.14. The third-order valence-electron chi connectivity index (χ3n) is 12.3. The molecule has 5 nitrogen and oxygen atoms in total. The molecule has 0 atom stereocenters. The van der Waals surface area contributed by atoms with E-state index in [4.69, 9.17) is 24.9 Å². The summed E-state index contributed by atoms with van der Waals surface area (Å²) in [4.78, 5) is 25.8. The first-order chi connectivity index (χ1) is 33.1. The predicted octanol–water partition coefficient (Wildman–Crippen LogP) is 13.8. The maximum Gasteiger partial charge on any atom is 0.164 e. The van der Waals surface area contributed by atoms with Gasteiger partial charge < -0.3 is 0 Å². The van der Waals surface area contributed by atoms with Crippen molar-refractivity contribution in [3.8, 4) is 78.9 Å². The molecule has 3 heterocycles. The van der Waals surface area contributed by atoms with Crippen molar-refractivity contribution in [2.75, 3.05) is 0 Å². The summed E-state index contributed by atoms with van der Waals surface area (Å²) in [5, 5.41) is 4.39. The molecule has 0 saturated carbocycles. The molecule has 316 valence electrons. The van der Waals surface area contributed by atoms with Gasteiger partial charge in [-0.1, -0.05) is 213 Å². The van der Waals surface area contributed by atoms with E-state index in [0.29, 0.717) is 17.5 Å². The van der Waals surface area contributed by atoms with Gasteiger partial charge in [-0.25, -0.2) is 24.9 Å². The van der Waals surface area contributed by atoms with Gasteiger partial charge >= 0.3 is 0 Å². The number of hydrogen-bond acceptors (Lipinski definition) is 5. The van der Waals surface area contributed by atoms with Gasteiger partial charge in [0.25, 0.3) is 0 Å². The first-order valence-corrected chi connectivity index (χ1v) is 22.5. The van der Waals surface area contributed by atoms with Crippen LogP contribution in [0.3, 0.4) is 0 Å². The number of allylic oxidation sites excluding steroid dienone is 1. The van der Waals surface area contributed by atoms with Crippen LogP contribution in [0.1, 0.15) is 12.5 Å². The van der Waals surface area contributed by atoms with Crippen LogP contribution in [-0.4, -0.2) is 24.9 Å². The lowest BCUT2D eigenvalue weighted by atomic mass is 9.95. The van der Waals surface area contributed by atoms with Crippen molar-refractivity contribution in [3.05, 3.63) is 247 Å². The van der Waals surface area contributed by atoms with E-state index in [-0.39, 0.29) is 0 Å². The van der Waals surface area contributed by atoms with E-state index >= 15 is 0 Å². The van der Waals surface area contributed by atoms with Crippen molar-refractivity contribution < 1.29 is 0 Å². The van der Waals surface area contributed by atoms with E-state index in [1.165, 1.54) is 0 Å². The first-order valence-electron chi connectivity index (χ1n) is 22.5. The van der Waals surface area contributed by atoms with Crippen molar-refractivity contribution in [3.63, 3.8) is 0 Å². The Hall–Kier alpha value is -8.93. The second kappa shape index (κ2) is 17.9. The standard InChI is InChI=1S/C62H43N5/c1-3-41-18-14-15-29-53(41)52(4-2)49-26-17-28-51(39-49)62-66-60(46-23-12-7-13-24-46)65-61(67-62)47-32-30-42(31-33-47)48-25-16-27-50(38-48)57-40-55(43-19-8-5-9-20-43)54-36-34-45-35-37-56(44-21-10-6-11-22-44)63-58(45)59(54)64-57/h3-40H,2H2,1H3/b41-3-,53-52+. The molecule has 0 aliphatic rings. The molecule has 0 amide bonds. The SMILES string of the molecule is C=C/C(c1cccc(-c2nc(-c3ccccc3)nc(-c3ccc(-c4cccc(-c5cc(-c6ccccc6)c6ccc7ccc(-c8ccccc8)nc7c6n5)c4)cc3)n2)c1)=c1/cccc/c1=C/C. The smallest absolute Gasteiger partial charge is 0.164 e. The molecule has 11 rings (SSSR count). The Morgan fingerprint density at radius 2 is 0.940 bits per heavy atom. The zero-order valence-electron chi connectivity index (χ0n) is 36.9. The minimum absolute atomic E-state index is 0.596. The molecule has 3 aromatic heterocycles. The number of fused-ring (bicyclic) bond motifs is 3. The zero-order valence-corrected chi connectivity index (χ0v) is 36.9. The largest absolute Gasteiger partial charge is 0.245 e. The predicted molar refractivity (Wildman–Crippen MR) is 277 cm³/mol. The molecule has 8 aromatic carbocycles. The Balaban J connectivity index is 0.984. The molecular weight excluding hydrogens is 815 g/mol. The fourth-order valence-corrected chi connectivity index (χ4v) is 8.87. The van der Waals surface area contributed by atoms with Crippen molar-refractivity contribution in [1.29, 1.82) is 0 Å². The summed E-state index contributed by atoms with van der Waals surface area (Å²) in [5.41, 5.74) is 14.8. The summed E-state index contributed by atoms with van der Waals surface area (Å²) in [6.07, 6.45) is 4.05. The summed E-state index contributed by atoms with van der Waals surface area (Å²) < 4.78 is 0. The highest BCUT2D eigenvalue weighted by atomic mass is 15.0. The zero-order chi connectivity index (χ0) is 45.1. The number of pyridine rings is 2. The van der Waals surface area contributed by atoms with Gasteiger partial charge in [0.15, 0.2) is 17.5 Å². The molecule has 0 aliphatic carbocycles. The van der Waals surface area contributed by atoms with Crippen LogP contribution in [0, 0.1) is 0 Å². The van der Waals surface area contributed by atoms with Gasteiger partial charge in [-0.15, -0.1) is 0 Å². The highest BCUT2D eigenvalue weighted by Gasteiger charge is 2.17. The number of nitrogens with zero attached hydrogens (tertiary/aromatic N) is 5. The van der Waals surface area contributed by atoms with E-state index in [1.807, 2.05) is 54.6 Å². The second-order valence-electron chi connectivity index (χ2n) is 16.4. The molecule has 0 fully saturated rings. The minimum Gasteiger partial charge on any atom is -0.245 e. The van der Waals surface area contributed by atoms with Gasteiger partial charge in [0.1, 0.15) is 0 Å². The quantitative estimate of drug-likeness (QED) is 0.135. The third kappa shape index (κ3) is 8.11. The maximum absolute atomic E-state index is 5.40. The van der Waals surface area contributed by atoms with Crippen LogP contribution in [0.5, 0.6) is 0 Å². The topological polar surface area (TPSA) is 64.5 Å². The molecule has 0 aliphatic heterocycles. The van der Waals surface area contributed by atoms with Gasteiger partial charge in [0.2, 0.25) is 0 Å². The Bertz CT molecular complexity index is 3750. The van der Waals surface area contributed by atoms with Gasteiger partial charge in [0, 0.05) is 38.6 Å². The van der Waals surface area contributed by atoms with Crippen LogP contribution in [-0.2, 0) is 0 Å². The van der Waals surface area contributed by atoms with E-state index in [1.54, 1.807) is 0 Å². The number of aromatic nitrogens is 5. The Morgan fingerprint density at radius 1 is 0.388 bits per heavy atom. The average Bonchev–Trinajstić information content (AvgIpc) is 3.41. The molecule has 5 heteroatoms. The fourth-order valence-electron chi connectivity index (χ4n) is 8.87. The fraction of sp³-hybridized carbons (Fsp3) is 0.0161. The summed E-state index contributed by atoms with van der Waals surface area (Å²) in [6.45, 7) is 6.26. The van der Waals surface area contributed by atoms with Gasteiger partial charge in [-0.2, -0.15) is 0 Å². The van der Waals surface area contributed by atoms with Crippen molar-refractivity contribution >= 4 is 33.5 Å². The Labute approximate surface area is 389 Å². The Kier molecular flexibility index (Phi) is 10.9. The summed E-state index contributed by atoms with van der Waals surface area (Å²) in [6, 6.07) is 75.5. The lowest BCUT2D eigenvalue weighted by molar-refractivity contribution is 1.07. The highest BCUT2D eigenvalue weighted by molar-refractivity contribution is 6.09. The van der Waals surface area contributed by atoms with E-state index < -0.39 is 0 Å². The molecular formula is C62H43N5. The second-order valence-corrected chi connectivity index (χ2v) is 16.4. The van der Waals surface area contributed by atoms with Crippen LogP contribution < -0.4 is 10.4 Å². The molecule has 0 bridgehead atoms. The lowest BCUT2D eigenvalue weighted by Crippen LogP contribution is -2.26. The monoisotopic (exact) mass is 857 g/mol.